The van der Waals surface area contributed by atoms with E-state index in [9.17, 15) is 4.79 Å². The number of aromatic nitrogens is 1. The number of thiazole rings is 1. The van der Waals surface area contributed by atoms with Gasteiger partial charge in [0.25, 0.3) is 0 Å². The Kier molecular flexibility index (Phi) is 5.37. The molecule has 146 valence electrons. The topological polar surface area (TPSA) is 57.3 Å². The molecule has 4 rings (SSSR count). The number of carbonyl (C=O) groups excluding carboxylic acids is 1. The molecule has 5 nitrogen and oxygen atoms in total. The Hall–Kier alpha value is -2.38. The lowest BCUT2D eigenvalue weighted by Gasteiger charge is -2.30. The number of aryl methyl sites for hydroxylation is 2. The van der Waals surface area contributed by atoms with Gasteiger partial charge in [0, 0.05) is 22.8 Å². The number of carbonyl (C=O) groups is 1. The van der Waals surface area contributed by atoms with Crippen molar-refractivity contribution in [2.75, 3.05) is 16.8 Å². The zero-order chi connectivity index (χ0) is 19.7. The van der Waals surface area contributed by atoms with Crippen LogP contribution in [0.1, 0.15) is 39.0 Å². The van der Waals surface area contributed by atoms with Crippen LogP contribution >= 0.6 is 22.7 Å². The lowest BCUT2D eigenvalue weighted by atomic mass is 10.1. The van der Waals surface area contributed by atoms with E-state index in [0.717, 1.165) is 46.5 Å². The number of nitrogens with one attached hydrogen (secondary N) is 2. The summed E-state index contributed by atoms with van der Waals surface area (Å²) in [6.45, 7) is 7.81. The van der Waals surface area contributed by atoms with Crippen LogP contribution in [0.3, 0.4) is 0 Å². The molecule has 0 saturated heterocycles. The Balaban J connectivity index is 1.47. The van der Waals surface area contributed by atoms with Gasteiger partial charge in [-0.15, -0.1) is 22.7 Å². The van der Waals surface area contributed by atoms with Gasteiger partial charge in [-0.1, -0.05) is 12.1 Å². The predicted molar refractivity (Wildman–Crippen MR) is 118 cm³/mol. The second kappa shape index (κ2) is 7.93. The second-order valence-corrected chi connectivity index (χ2v) is 9.30. The van der Waals surface area contributed by atoms with Gasteiger partial charge in [-0.05, 0) is 56.3 Å². The monoisotopic (exact) mass is 412 g/mol. The molecule has 2 aromatic heterocycles. The van der Waals surface area contributed by atoms with E-state index in [4.69, 9.17) is 0 Å². The fraction of sp³-hybridized carbons (Fsp3) is 0.333. The molecular formula is C21H24N4OS2. The quantitative estimate of drug-likeness (QED) is 0.614. The van der Waals surface area contributed by atoms with Gasteiger partial charge in [0.2, 0.25) is 0 Å². The highest BCUT2D eigenvalue weighted by Gasteiger charge is 2.21. The molecule has 1 aliphatic rings. The van der Waals surface area contributed by atoms with E-state index in [-0.39, 0.29) is 12.1 Å². The number of thiophene rings is 1. The summed E-state index contributed by atoms with van der Waals surface area (Å²) in [5.74, 6) is 0. The Morgan fingerprint density at radius 1 is 1.25 bits per heavy atom. The maximum Gasteiger partial charge on any atom is 0.319 e. The van der Waals surface area contributed by atoms with Crippen molar-refractivity contribution in [1.82, 2.24) is 10.3 Å². The van der Waals surface area contributed by atoms with Gasteiger partial charge < -0.3 is 15.5 Å². The number of amides is 2. The zero-order valence-corrected chi connectivity index (χ0v) is 17.9. The van der Waals surface area contributed by atoms with Crippen molar-refractivity contribution < 1.29 is 4.79 Å². The molecule has 7 heteroatoms. The number of fused-ring (bicyclic) bond motifs is 1. The molecule has 1 unspecified atom stereocenters. The minimum absolute atomic E-state index is 0.0817. The van der Waals surface area contributed by atoms with E-state index < -0.39 is 0 Å². The lowest BCUT2D eigenvalue weighted by molar-refractivity contribution is 0.249. The Bertz CT molecular complexity index is 994. The Morgan fingerprint density at radius 2 is 2.07 bits per heavy atom. The highest BCUT2D eigenvalue weighted by atomic mass is 32.1. The third-order valence-corrected chi connectivity index (χ3v) is 7.26. The van der Waals surface area contributed by atoms with E-state index in [1.807, 2.05) is 50.3 Å². The minimum Gasteiger partial charge on any atom is -0.365 e. The summed E-state index contributed by atoms with van der Waals surface area (Å²) in [6, 6.07) is 9.95. The zero-order valence-electron chi connectivity index (χ0n) is 16.3. The highest BCUT2D eigenvalue weighted by molar-refractivity contribution is 7.11. The first kappa shape index (κ1) is 19.0. The van der Waals surface area contributed by atoms with Gasteiger partial charge in [-0.25, -0.2) is 9.78 Å². The summed E-state index contributed by atoms with van der Waals surface area (Å²) in [7, 11) is 0. The molecule has 0 spiro atoms. The van der Waals surface area contributed by atoms with Crippen molar-refractivity contribution >= 4 is 40.1 Å². The van der Waals surface area contributed by atoms with Crippen LogP contribution in [0, 0.1) is 13.8 Å². The van der Waals surface area contributed by atoms with E-state index in [0.29, 0.717) is 0 Å². The molecule has 1 atom stereocenters. The number of nitrogens with zero attached hydrogens (tertiary/aromatic N) is 2. The minimum atomic E-state index is -0.196. The second-order valence-electron chi connectivity index (χ2n) is 7.06. The van der Waals surface area contributed by atoms with E-state index in [2.05, 4.69) is 38.0 Å². The van der Waals surface area contributed by atoms with Crippen LogP contribution in [-0.2, 0) is 13.0 Å². The molecule has 1 aromatic carbocycles. The molecule has 0 bridgehead atoms. The van der Waals surface area contributed by atoms with Crippen LogP contribution in [0.15, 0.2) is 35.7 Å². The summed E-state index contributed by atoms with van der Waals surface area (Å²) in [4.78, 5) is 22.0. The number of anilines is 2. The normalized spacial score (nSPS) is 14.5. The van der Waals surface area contributed by atoms with Crippen molar-refractivity contribution in [3.63, 3.8) is 0 Å². The largest absolute Gasteiger partial charge is 0.365 e. The van der Waals surface area contributed by atoms with Gasteiger partial charge >= 0.3 is 6.03 Å². The molecule has 0 aliphatic carbocycles. The lowest BCUT2D eigenvalue weighted by Crippen LogP contribution is -2.33. The first-order valence-corrected chi connectivity index (χ1v) is 11.1. The molecule has 3 aromatic rings. The summed E-state index contributed by atoms with van der Waals surface area (Å²) in [6.07, 6.45) is 1.05. The maximum absolute atomic E-state index is 12.7. The van der Waals surface area contributed by atoms with E-state index in [1.54, 1.807) is 11.3 Å². The first-order chi connectivity index (χ1) is 13.5. The van der Waals surface area contributed by atoms with Crippen LogP contribution in [0.2, 0.25) is 0 Å². The molecule has 0 fully saturated rings. The summed E-state index contributed by atoms with van der Waals surface area (Å²) in [5.41, 5.74) is 4.27. The van der Waals surface area contributed by atoms with Crippen LogP contribution in [0.25, 0.3) is 0 Å². The standard InChI is InChI=1S/C21H24N4OS2/c1-13-20(28-15(3)22-13)14(2)23-21(26)24-17-6-4-5-7-18(17)25-10-8-19-16(12-25)9-11-27-19/h4-7,9,11,14H,8,10,12H2,1-3H3,(H2,23,24,26). The maximum atomic E-state index is 12.7. The van der Waals surface area contributed by atoms with Gasteiger partial charge in [0.05, 0.1) is 28.1 Å². The molecular weight excluding hydrogens is 388 g/mol. The molecule has 0 saturated carbocycles. The van der Waals surface area contributed by atoms with Crippen molar-refractivity contribution in [1.29, 1.82) is 0 Å². The van der Waals surface area contributed by atoms with Gasteiger partial charge in [-0.2, -0.15) is 0 Å². The first-order valence-electron chi connectivity index (χ1n) is 9.42. The van der Waals surface area contributed by atoms with Gasteiger partial charge in [0.15, 0.2) is 0 Å². The van der Waals surface area contributed by atoms with Crippen LogP contribution in [0.5, 0.6) is 0 Å². The third-order valence-electron chi connectivity index (χ3n) is 4.98. The van der Waals surface area contributed by atoms with E-state index in [1.165, 1.54) is 10.4 Å². The third kappa shape index (κ3) is 3.91. The number of benzene rings is 1. The molecule has 1 aliphatic heterocycles. The molecule has 28 heavy (non-hydrogen) atoms. The van der Waals surface area contributed by atoms with Crippen molar-refractivity contribution in [2.45, 2.75) is 39.8 Å². The average Bonchev–Trinajstić information content (AvgIpc) is 3.27. The number of rotatable bonds is 4. The van der Waals surface area contributed by atoms with Crippen LogP contribution < -0.4 is 15.5 Å². The SMILES string of the molecule is Cc1nc(C)c(C(C)NC(=O)Nc2ccccc2N2CCc3sccc3C2)s1. The molecule has 2 N–H and O–H groups in total. The van der Waals surface area contributed by atoms with Crippen molar-refractivity contribution in [2.24, 2.45) is 0 Å². The van der Waals surface area contributed by atoms with Crippen molar-refractivity contribution in [3.05, 3.63) is 61.7 Å². The van der Waals surface area contributed by atoms with Crippen molar-refractivity contribution in [3.8, 4) is 0 Å². The summed E-state index contributed by atoms with van der Waals surface area (Å²) < 4.78 is 0. The number of hydrogen-bond donors (Lipinski definition) is 2. The number of hydrogen-bond acceptors (Lipinski definition) is 5. The fourth-order valence-corrected chi connectivity index (χ4v) is 5.50. The average molecular weight is 413 g/mol. The Labute approximate surface area is 173 Å². The van der Waals surface area contributed by atoms with Crippen LogP contribution in [-0.4, -0.2) is 17.6 Å². The van der Waals surface area contributed by atoms with E-state index >= 15 is 0 Å². The fourth-order valence-electron chi connectivity index (χ4n) is 3.68. The summed E-state index contributed by atoms with van der Waals surface area (Å²) >= 11 is 3.46. The molecule has 0 radical (unpaired) electrons. The predicted octanol–water partition coefficient (Wildman–Crippen LogP) is 5.27. The number of para-hydroxylation sites is 2. The highest BCUT2D eigenvalue weighted by Crippen LogP contribution is 2.32. The number of urea groups is 1. The molecule has 2 amide bonds. The van der Waals surface area contributed by atoms with Crippen LogP contribution in [0.4, 0.5) is 16.2 Å². The Morgan fingerprint density at radius 3 is 2.86 bits per heavy atom. The summed E-state index contributed by atoms with van der Waals surface area (Å²) in [5, 5.41) is 9.27. The van der Waals surface area contributed by atoms with Gasteiger partial charge in [-0.3, -0.25) is 0 Å². The smallest absolute Gasteiger partial charge is 0.319 e. The van der Waals surface area contributed by atoms with Gasteiger partial charge in [0.1, 0.15) is 0 Å². The molecule has 3 heterocycles.